The van der Waals surface area contributed by atoms with Gasteiger partial charge in [0.15, 0.2) is 11.6 Å². The third kappa shape index (κ3) is 3.61. The molecular weight excluding hydrogens is 337 g/mol. The number of hydrogen-bond acceptors (Lipinski definition) is 2. The van der Waals surface area contributed by atoms with Crippen molar-refractivity contribution in [1.82, 2.24) is 5.32 Å². The maximum absolute atomic E-state index is 13.6. The average Bonchev–Trinajstić information content (AvgIpc) is 2.45. The van der Waals surface area contributed by atoms with Crippen LogP contribution in [0.4, 0.5) is 4.39 Å². The smallest absolute Gasteiger partial charge is 0.252 e. The fourth-order valence-corrected chi connectivity index (χ4v) is 2.66. The molecule has 5 heteroatoms. The number of rotatable bonds is 4. The van der Waals surface area contributed by atoms with E-state index in [1.54, 1.807) is 12.1 Å². The molecule has 110 valence electrons. The zero-order chi connectivity index (χ0) is 15.4. The third-order valence-electron chi connectivity index (χ3n) is 3.12. The number of ether oxygens (including phenoxy) is 1. The van der Waals surface area contributed by atoms with Crippen LogP contribution in [0.2, 0.25) is 0 Å². The maximum atomic E-state index is 13.6. The predicted octanol–water partition coefficient (Wildman–Crippen LogP) is 3.84. The van der Waals surface area contributed by atoms with Gasteiger partial charge in [-0.1, -0.05) is 18.2 Å². The number of nitrogens with one attached hydrogen (secondary N) is 1. The van der Waals surface area contributed by atoms with E-state index in [9.17, 15) is 9.18 Å². The van der Waals surface area contributed by atoms with E-state index < -0.39 is 5.82 Å². The van der Waals surface area contributed by atoms with Crippen LogP contribution in [-0.2, 0) is 6.54 Å². The molecule has 1 N–H and O–H groups in total. The standard InChI is InChI=1S/C16H15BrFNO2/c1-10-4-3-5-12(17)15(10)16(20)19-9-11-6-7-14(21-2)13(18)8-11/h3-8H,9H2,1-2H3,(H,19,20). The highest BCUT2D eigenvalue weighted by molar-refractivity contribution is 9.10. The van der Waals surface area contributed by atoms with Gasteiger partial charge in [-0.25, -0.2) is 4.39 Å². The molecule has 0 radical (unpaired) electrons. The second-order valence-electron chi connectivity index (χ2n) is 4.58. The van der Waals surface area contributed by atoms with Crippen molar-refractivity contribution < 1.29 is 13.9 Å². The summed E-state index contributed by atoms with van der Waals surface area (Å²) in [5.74, 6) is -0.454. The molecule has 0 aliphatic carbocycles. The molecule has 0 aliphatic rings. The molecule has 0 spiro atoms. The molecule has 0 unspecified atom stereocenters. The molecule has 0 heterocycles. The fraction of sp³-hybridized carbons (Fsp3) is 0.188. The SMILES string of the molecule is COc1ccc(CNC(=O)c2c(C)cccc2Br)cc1F. The van der Waals surface area contributed by atoms with Crippen molar-refractivity contribution >= 4 is 21.8 Å². The molecule has 0 fully saturated rings. The lowest BCUT2D eigenvalue weighted by Gasteiger charge is -2.10. The van der Waals surface area contributed by atoms with Gasteiger partial charge in [0, 0.05) is 11.0 Å². The van der Waals surface area contributed by atoms with E-state index in [4.69, 9.17) is 4.74 Å². The molecule has 2 rings (SSSR count). The Morgan fingerprint density at radius 2 is 2.10 bits per heavy atom. The van der Waals surface area contributed by atoms with Crippen molar-refractivity contribution in [2.45, 2.75) is 13.5 Å². The summed E-state index contributed by atoms with van der Waals surface area (Å²) < 4.78 is 19.2. The first-order valence-electron chi connectivity index (χ1n) is 6.38. The van der Waals surface area contributed by atoms with Crippen LogP contribution in [0.3, 0.4) is 0 Å². The molecule has 2 aromatic carbocycles. The Labute approximate surface area is 131 Å². The first kappa shape index (κ1) is 15.5. The highest BCUT2D eigenvalue weighted by Gasteiger charge is 2.12. The van der Waals surface area contributed by atoms with Crippen molar-refractivity contribution in [2.75, 3.05) is 7.11 Å². The Bertz CT molecular complexity index is 653. The summed E-state index contributed by atoms with van der Waals surface area (Å²) in [7, 11) is 1.41. The minimum absolute atomic E-state index is 0.187. The lowest BCUT2D eigenvalue weighted by Crippen LogP contribution is -2.24. The molecule has 0 aromatic heterocycles. The highest BCUT2D eigenvalue weighted by atomic mass is 79.9. The van der Waals surface area contributed by atoms with Gasteiger partial charge >= 0.3 is 0 Å². The number of methoxy groups -OCH3 is 1. The summed E-state index contributed by atoms with van der Waals surface area (Å²) in [5.41, 5.74) is 2.14. The number of amides is 1. The molecule has 3 nitrogen and oxygen atoms in total. The van der Waals surface area contributed by atoms with Gasteiger partial charge < -0.3 is 10.1 Å². The lowest BCUT2D eigenvalue weighted by molar-refractivity contribution is 0.0949. The molecular formula is C16H15BrFNO2. The van der Waals surface area contributed by atoms with E-state index in [-0.39, 0.29) is 18.2 Å². The summed E-state index contributed by atoms with van der Waals surface area (Å²) in [4.78, 5) is 12.2. The highest BCUT2D eigenvalue weighted by Crippen LogP contribution is 2.21. The number of carbonyl (C=O) groups excluding carboxylic acids is 1. The summed E-state index contributed by atoms with van der Waals surface area (Å²) in [6.45, 7) is 2.12. The van der Waals surface area contributed by atoms with E-state index in [0.29, 0.717) is 11.1 Å². The lowest BCUT2D eigenvalue weighted by atomic mass is 10.1. The molecule has 21 heavy (non-hydrogen) atoms. The zero-order valence-corrected chi connectivity index (χ0v) is 13.3. The number of hydrogen-bond donors (Lipinski definition) is 1. The number of benzene rings is 2. The van der Waals surface area contributed by atoms with Gasteiger partial charge in [-0.3, -0.25) is 4.79 Å². The van der Waals surface area contributed by atoms with Gasteiger partial charge in [0.25, 0.3) is 5.91 Å². The number of halogens is 2. The zero-order valence-electron chi connectivity index (χ0n) is 11.7. The van der Waals surface area contributed by atoms with E-state index in [2.05, 4.69) is 21.2 Å². The van der Waals surface area contributed by atoms with Crippen molar-refractivity contribution in [1.29, 1.82) is 0 Å². The minimum Gasteiger partial charge on any atom is -0.494 e. The second-order valence-corrected chi connectivity index (χ2v) is 5.44. The topological polar surface area (TPSA) is 38.3 Å². The molecule has 0 saturated heterocycles. The fourth-order valence-electron chi connectivity index (χ4n) is 2.01. The average molecular weight is 352 g/mol. The second kappa shape index (κ2) is 6.72. The van der Waals surface area contributed by atoms with Gasteiger partial charge in [0.05, 0.1) is 12.7 Å². The Hall–Kier alpha value is -1.88. The van der Waals surface area contributed by atoms with E-state index in [0.717, 1.165) is 10.0 Å². The van der Waals surface area contributed by atoms with Crippen molar-refractivity contribution in [3.63, 3.8) is 0 Å². The summed E-state index contributed by atoms with van der Waals surface area (Å²) >= 11 is 3.37. The monoisotopic (exact) mass is 351 g/mol. The van der Waals surface area contributed by atoms with Crippen molar-refractivity contribution in [3.05, 3.63) is 63.4 Å². The predicted molar refractivity (Wildman–Crippen MR) is 83.0 cm³/mol. The van der Waals surface area contributed by atoms with Gasteiger partial charge in [0.1, 0.15) is 0 Å². The first-order chi connectivity index (χ1) is 10.0. The van der Waals surface area contributed by atoms with Gasteiger partial charge in [-0.15, -0.1) is 0 Å². The van der Waals surface area contributed by atoms with Crippen LogP contribution in [-0.4, -0.2) is 13.0 Å². The Morgan fingerprint density at radius 3 is 2.71 bits per heavy atom. The maximum Gasteiger partial charge on any atom is 0.252 e. The van der Waals surface area contributed by atoms with Crippen LogP contribution < -0.4 is 10.1 Å². The van der Waals surface area contributed by atoms with Crippen LogP contribution in [0, 0.1) is 12.7 Å². The van der Waals surface area contributed by atoms with Gasteiger partial charge in [-0.2, -0.15) is 0 Å². The van der Waals surface area contributed by atoms with E-state index in [1.807, 2.05) is 25.1 Å². The molecule has 0 atom stereocenters. The summed E-state index contributed by atoms with van der Waals surface area (Å²) in [6, 6.07) is 10.2. The third-order valence-corrected chi connectivity index (χ3v) is 3.78. The molecule has 2 aromatic rings. The Kier molecular flexibility index (Phi) is 4.96. The van der Waals surface area contributed by atoms with Crippen LogP contribution in [0.15, 0.2) is 40.9 Å². The number of aryl methyl sites for hydroxylation is 1. The van der Waals surface area contributed by atoms with Crippen molar-refractivity contribution in [2.24, 2.45) is 0 Å². The first-order valence-corrected chi connectivity index (χ1v) is 7.18. The van der Waals surface area contributed by atoms with Crippen LogP contribution in [0.5, 0.6) is 5.75 Å². The van der Waals surface area contributed by atoms with Crippen molar-refractivity contribution in [3.8, 4) is 5.75 Å². The minimum atomic E-state index is -0.443. The quantitative estimate of drug-likeness (QED) is 0.908. The molecule has 0 bridgehead atoms. The summed E-state index contributed by atoms with van der Waals surface area (Å²) in [6.07, 6.45) is 0. The number of carbonyl (C=O) groups is 1. The molecule has 1 amide bonds. The molecule has 0 saturated carbocycles. The molecule has 0 aliphatic heterocycles. The van der Waals surface area contributed by atoms with Crippen LogP contribution in [0.25, 0.3) is 0 Å². The van der Waals surface area contributed by atoms with E-state index in [1.165, 1.54) is 13.2 Å². The van der Waals surface area contributed by atoms with Crippen LogP contribution >= 0.6 is 15.9 Å². The Morgan fingerprint density at radius 1 is 1.33 bits per heavy atom. The Balaban J connectivity index is 2.09. The van der Waals surface area contributed by atoms with Crippen LogP contribution in [0.1, 0.15) is 21.5 Å². The van der Waals surface area contributed by atoms with Gasteiger partial charge in [-0.05, 0) is 52.2 Å². The summed E-state index contributed by atoms with van der Waals surface area (Å²) in [5, 5.41) is 2.79. The normalized spacial score (nSPS) is 10.3. The van der Waals surface area contributed by atoms with Gasteiger partial charge in [0.2, 0.25) is 0 Å². The largest absolute Gasteiger partial charge is 0.494 e. The van der Waals surface area contributed by atoms with E-state index >= 15 is 0 Å².